The predicted octanol–water partition coefficient (Wildman–Crippen LogP) is 5.82. The summed E-state index contributed by atoms with van der Waals surface area (Å²) in [5.74, 6) is 1.02. The highest BCUT2D eigenvalue weighted by molar-refractivity contribution is 7.92. The SMILES string of the molecule is CS(=O)(=O)Nc1ccc(Oc2ccc(CN3CCC(NC(=O)N(c4ccccc4)c4ccsc4)CC3)cn2)cc1. The van der Waals surface area contributed by atoms with Crippen LogP contribution in [0.15, 0.2) is 89.8 Å². The van der Waals surface area contributed by atoms with Crippen LogP contribution in [0.1, 0.15) is 18.4 Å². The fraction of sp³-hybridized carbons (Fsp3) is 0.241. The third kappa shape index (κ3) is 7.59. The molecule has 0 atom stereocenters. The lowest BCUT2D eigenvalue weighted by Crippen LogP contribution is -2.48. The van der Waals surface area contributed by atoms with Gasteiger partial charge in [-0.1, -0.05) is 24.3 Å². The summed E-state index contributed by atoms with van der Waals surface area (Å²) in [4.78, 5) is 21.8. The van der Waals surface area contributed by atoms with Gasteiger partial charge in [-0.2, -0.15) is 11.3 Å². The molecule has 1 fully saturated rings. The number of amides is 2. The summed E-state index contributed by atoms with van der Waals surface area (Å²) in [7, 11) is -3.32. The van der Waals surface area contributed by atoms with E-state index in [0.717, 1.165) is 55.7 Å². The average Bonchev–Trinajstić information content (AvgIpc) is 3.46. The van der Waals surface area contributed by atoms with Crippen LogP contribution in [0.2, 0.25) is 0 Å². The van der Waals surface area contributed by atoms with E-state index in [1.807, 2.05) is 59.3 Å². The van der Waals surface area contributed by atoms with Crippen molar-refractivity contribution in [3.05, 3.63) is 95.3 Å². The van der Waals surface area contributed by atoms with Gasteiger partial charge in [0.25, 0.3) is 0 Å². The van der Waals surface area contributed by atoms with E-state index in [1.54, 1.807) is 46.7 Å². The van der Waals surface area contributed by atoms with E-state index in [-0.39, 0.29) is 12.1 Å². The first kappa shape index (κ1) is 27.6. The molecule has 1 saturated heterocycles. The summed E-state index contributed by atoms with van der Waals surface area (Å²) in [5.41, 5.74) is 3.26. The zero-order valence-electron chi connectivity index (χ0n) is 22.1. The van der Waals surface area contributed by atoms with E-state index in [1.165, 1.54) is 0 Å². The van der Waals surface area contributed by atoms with Gasteiger partial charge < -0.3 is 10.1 Å². The van der Waals surface area contributed by atoms with E-state index in [2.05, 4.69) is 19.9 Å². The number of piperidine rings is 1. The number of carbonyl (C=O) groups is 1. The molecule has 3 heterocycles. The molecule has 4 aromatic rings. The maximum atomic E-state index is 13.3. The van der Waals surface area contributed by atoms with Gasteiger partial charge in [0.1, 0.15) is 5.75 Å². The molecule has 208 valence electrons. The molecule has 0 saturated carbocycles. The van der Waals surface area contributed by atoms with Gasteiger partial charge >= 0.3 is 6.03 Å². The fourth-order valence-corrected chi connectivity index (χ4v) is 5.75. The molecule has 40 heavy (non-hydrogen) atoms. The van der Waals surface area contributed by atoms with Crippen molar-refractivity contribution in [2.75, 3.05) is 29.0 Å². The number of hydrogen-bond donors (Lipinski definition) is 2. The summed E-state index contributed by atoms with van der Waals surface area (Å²) in [6.07, 6.45) is 4.66. The Labute approximate surface area is 238 Å². The van der Waals surface area contributed by atoms with Gasteiger partial charge in [-0.3, -0.25) is 14.5 Å². The van der Waals surface area contributed by atoms with Crippen LogP contribution in [0.3, 0.4) is 0 Å². The molecule has 0 unspecified atom stereocenters. The van der Waals surface area contributed by atoms with E-state index >= 15 is 0 Å². The predicted molar refractivity (Wildman–Crippen MR) is 159 cm³/mol. The maximum Gasteiger partial charge on any atom is 0.326 e. The van der Waals surface area contributed by atoms with Crippen LogP contribution in [-0.2, 0) is 16.6 Å². The Morgan fingerprint density at radius 1 is 1.02 bits per heavy atom. The summed E-state index contributed by atoms with van der Waals surface area (Å²) in [6.45, 7) is 2.52. The van der Waals surface area contributed by atoms with Gasteiger partial charge in [-0.25, -0.2) is 18.2 Å². The Balaban J connectivity index is 1.10. The quantitative estimate of drug-likeness (QED) is 0.260. The number of anilines is 3. The smallest absolute Gasteiger partial charge is 0.326 e. The first-order valence-corrected chi connectivity index (χ1v) is 15.8. The van der Waals surface area contributed by atoms with Gasteiger partial charge in [-0.15, -0.1) is 0 Å². The fourth-order valence-electron chi connectivity index (χ4n) is 4.57. The number of urea groups is 1. The molecule has 1 aliphatic heterocycles. The lowest BCUT2D eigenvalue weighted by molar-refractivity contribution is 0.188. The van der Waals surface area contributed by atoms with Crippen LogP contribution < -0.4 is 19.7 Å². The number of hydrogen-bond acceptors (Lipinski definition) is 7. The highest BCUT2D eigenvalue weighted by atomic mass is 32.2. The van der Waals surface area contributed by atoms with Gasteiger partial charge in [0.05, 0.1) is 17.6 Å². The lowest BCUT2D eigenvalue weighted by atomic mass is 10.0. The van der Waals surface area contributed by atoms with Gasteiger partial charge in [0.2, 0.25) is 15.9 Å². The van der Waals surface area contributed by atoms with Gasteiger partial charge in [-0.05, 0) is 66.2 Å². The van der Waals surface area contributed by atoms with Crippen molar-refractivity contribution < 1.29 is 17.9 Å². The average molecular weight is 578 g/mol. The summed E-state index contributed by atoms with van der Waals surface area (Å²) >= 11 is 1.57. The number of nitrogens with zero attached hydrogens (tertiary/aromatic N) is 3. The number of benzene rings is 2. The number of thiophene rings is 1. The van der Waals surface area contributed by atoms with Crippen molar-refractivity contribution >= 4 is 44.5 Å². The number of ether oxygens (including phenoxy) is 1. The molecule has 1 aliphatic rings. The van der Waals surface area contributed by atoms with Crippen LogP contribution >= 0.6 is 11.3 Å². The molecule has 0 spiro atoms. The number of rotatable bonds is 9. The normalized spacial score (nSPS) is 14.4. The molecule has 11 heteroatoms. The van der Waals surface area contributed by atoms with Crippen molar-refractivity contribution in [2.24, 2.45) is 0 Å². The monoisotopic (exact) mass is 577 g/mol. The number of nitrogens with one attached hydrogen (secondary N) is 2. The molecule has 2 aromatic heterocycles. The van der Waals surface area contributed by atoms with E-state index in [0.29, 0.717) is 17.3 Å². The number of likely N-dealkylation sites (tertiary alicyclic amines) is 1. The van der Waals surface area contributed by atoms with Gasteiger partial charge in [0, 0.05) is 49.0 Å². The second kappa shape index (κ2) is 12.5. The maximum absolute atomic E-state index is 13.3. The van der Waals surface area contributed by atoms with Crippen LogP contribution in [-0.4, -0.2) is 49.7 Å². The molecule has 0 aliphatic carbocycles. The summed E-state index contributed by atoms with van der Waals surface area (Å²) in [5, 5.41) is 7.19. The molecule has 5 rings (SSSR count). The van der Waals surface area contributed by atoms with Crippen LogP contribution in [0.25, 0.3) is 0 Å². The van der Waals surface area contributed by atoms with Gasteiger partial charge in [0.15, 0.2) is 0 Å². The van der Waals surface area contributed by atoms with Crippen molar-refractivity contribution in [3.8, 4) is 11.6 Å². The van der Waals surface area contributed by atoms with Crippen molar-refractivity contribution in [1.82, 2.24) is 15.2 Å². The Morgan fingerprint density at radius 3 is 2.40 bits per heavy atom. The number of pyridine rings is 1. The van der Waals surface area contributed by atoms with Crippen molar-refractivity contribution in [3.63, 3.8) is 0 Å². The lowest BCUT2D eigenvalue weighted by Gasteiger charge is -2.33. The highest BCUT2D eigenvalue weighted by Crippen LogP contribution is 2.28. The standard InChI is InChI=1S/C29H31N5O4S2/c1-40(36,37)32-24-8-10-27(11-9-24)38-28-12-7-22(19-30-28)20-33-16-13-23(14-17-33)31-29(35)34(26-15-18-39-21-26)25-5-3-2-4-6-25/h2-12,15,18-19,21,23,32H,13-14,16-17,20H2,1H3,(H,31,35). The van der Waals surface area contributed by atoms with E-state index < -0.39 is 10.0 Å². The number of aromatic nitrogens is 1. The third-order valence-electron chi connectivity index (χ3n) is 6.48. The molecule has 0 bridgehead atoms. The Morgan fingerprint density at radius 2 is 1.77 bits per heavy atom. The van der Waals surface area contributed by atoms with Crippen molar-refractivity contribution in [2.45, 2.75) is 25.4 Å². The largest absolute Gasteiger partial charge is 0.439 e. The molecule has 9 nitrogen and oxygen atoms in total. The van der Waals surface area contributed by atoms with Crippen LogP contribution in [0.5, 0.6) is 11.6 Å². The van der Waals surface area contributed by atoms with E-state index in [4.69, 9.17) is 4.74 Å². The summed E-state index contributed by atoms with van der Waals surface area (Å²) in [6, 6.07) is 22.1. The first-order valence-electron chi connectivity index (χ1n) is 12.9. The zero-order chi connectivity index (χ0) is 28.0. The van der Waals surface area contributed by atoms with Crippen molar-refractivity contribution in [1.29, 1.82) is 0 Å². The van der Waals surface area contributed by atoms with Crippen LogP contribution in [0, 0.1) is 0 Å². The minimum atomic E-state index is -3.32. The Bertz CT molecular complexity index is 1490. The zero-order valence-corrected chi connectivity index (χ0v) is 23.7. The first-order chi connectivity index (χ1) is 19.3. The third-order valence-corrected chi connectivity index (χ3v) is 7.76. The Hall–Kier alpha value is -3.93. The molecule has 2 N–H and O–H groups in total. The minimum absolute atomic E-state index is 0.107. The van der Waals surface area contributed by atoms with Crippen LogP contribution in [0.4, 0.5) is 21.9 Å². The minimum Gasteiger partial charge on any atom is -0.439 e. The summed E-state index contributed by atoms with van der Waals surface area (Å²) < 4.78 is 30.9. The van der Waals surface area contributed by atoms with E-state index in [9.17, 15) is 13.2 Å². The molecule has 2 amide bonds. The molecular formula is C29H31N5O4S2. The second-order valence-corrected chi connectivity index (χ2v) is 12.2. The molecule has 0 radical (unpaired) electrons. The number of carbonyl (C=O) groups excluding carboxylic acids is 1. The Kier molecular flexibility index (Phi) is 8.63. The molecule has 2 aromatic carbocycles. The second-order valence-electron chi connectivity index (χ2n) is 9.66. The topological polar surface area (TPSA) is 104 Å². The molecular weight excluding hydrogens is 546 g/mol. The highest BCUT2D eigenvalue weighted by Gasteiger charge is 2.25. The number of sulfonamides is 1. The number of para-hydroxylation sites is 1.